The first kappa shape index (κ1) is 31.9. The maximum Gasteiger partial charge on any atom is 0.305 e. The third-order valence-electron chi connectivity index (χ3n) is 6.02. The molecule has 0 saturated heterocycles. The zero-order valence-electron chi connectivity index (χ0n) is 21.0. The van der Waals surface area contributed by atoms with Crippen LogP contribution in [0.15, 0.2) is 0 Å². The molecule has 182 valence electrons. The Kier molecular flexibility index (Phi) is 24.9. The number of quaternary nitrogens is 1. The van der Waals surface area contributed by atoms with Crippen molar-refractivity contribution in [2.24, 2.45) is 0 Å². The van der Waals surface area contributed by atoms with Crippen molar-refractivity contribution in [2.45, 2.75) is 129 Å². The predicted molar refractivity (Wildman–Crippen MR) is 127 cm³/mol. The molecular formula is C26H54ClNO2. The molecule has 0 spiro atoms. The van der Waals surface area contributed by atoms with Gasteiger partial charge in [0.15, 0.2) is 0 Å². The molecule has 0 amide bonds. The monoisotopic (exact) mass is 447 g/mol. The van der Waals surface area contributed by atoms with Crippen LogP contribution in [0.25, 0.3) is 0 Å². The molecule has 0 unspecified atom stereocenters. The van der Waals surface area contributed by atoms with Crippen molar-refractivity contribution in [3.8, 4) is 0 Å². The van der Waals surface area contributed by atoms with Gasteiger partial charge in [0.1, 0.15) is 0 Å². The van der Waals surface area contributed by atoms with Gasteiger partial charge >= 0.3 is 5.97 Å². The topological polar surface area (TPSA) is 26.3 Å². The van der Waals surface area contributed by atoms with Crippen LogP contribution in [-0.4, -0.2) is 44.2 Å². The van der Waals surface area contributed by atoms with Crippen molar-refractivity contribution < 1.29 is 26.4 Å². The molecule has 3 nitrogen and oxygen atoms in total. The number of ether oxygens (including phenoxy) is 1. The van der Waals surface area contributed by atoms with E-state index in [2.05, 4.69) is 27.9 Å². The van der Waals surface area contributed by atoms with Crippen LogP contribution >= 0.6 is 0 Å². The number of unbranched alkanes of at least 4 members (excludes halogenated alkanes) is 14. The van der Waals surface area contributed by atoms with Gasteiger partial charge in [-0.3, -0.25) is 4.79 Å². The van der Waals surface area contributed by atoms with Crippen LogP contribution in [0.1, 0.15) is 129 Å². The molecular weight excluding hydrogens is 394 g/mol. The fourth-order valence-electron chi connectivity index (χ4n) is 3.91. The molecule has 0 aromatic carbocycles. The number of hydrogen-bond acceptors (Lipinski definition) is 2. The van der Waals surface area contributed by atoms with Crippen LogP contribution < -0.4 is 12.4 Å². The summed E-state index contributed by atoms with van der Waals surface area (Å²) in [5.41, 5.74) is 0. The van der Waals surface area contributed by atoms with Crippen molar-refractivity contribution in [3.05, 3.63) is 0 Å². The van der Waals surface area contributed by atoms with Gasteiger partial charge in [0.25, 0.3) is 0 Å². The standard InChI is InChI=1S/C26H54NO2.ClH/c1-5-7-9-10-15-19-23-27(3,4)24-20-16-13-11-12-14-17-21-25-29-26(28)22-18-8-6-2;/h5-25H2,1-4H3;1H/q+1;/p-1. The molecule has 30 heavy (non-hydrogen) atoms. The highest BCUT2D eigenvalue weighted by Crippen LogP contribution is 2.12. The molecule has 0 aliphatic rings. The summed E-state index contributed by atoms with van der Waals surface area (Å²) in [5.74, 6) is -0.00345. The largest absolute Gasteiger partial charge is 1.00 e. The Hall–Kier alpha value is -0.280. The van der Waals surface area contributed by atoms with Crippen molar-refractivity contribution in [2.75, 3.05) is 33.8 Å². The average Bonchev–Trinajstić information content (AvgIpc) is 2.69. The number of carbonyl (C=O) groups excluding carboxylic acids is 1. The van der Waals surface area contributed by atoms with Crippen LogP contribution in [-0.2, 0) is 9.53 Å². The molecule has 0 aromatic rings. The van der Waals surface area contributed by atoms with Gasteiger partial charge in [-0.2, -0.15) is 0 Å². The minimum atomic E-state index is -0.00345. The highest BCUT2D eigenvalue weighted by atomic mass is 35.5. The van der Waals surface area contributed by atoms with Gasteiger partial charge in [0.2, 0.25) is 0 Å². The first-order valence-electron chi connectivity index (χ1n) is 13.0. The van der Waals surface area contributed by atoms with Crippen LogP contribution in [0.3, 0.4) is 0 Å². The van der Waals surface area contributed by atoms with Gasteiger partial charge in [-0.05, 0) is 38.5 Å². The van der Waals surface area contributed by atoms with E-state index in [9.17, 15) is 4.79 Å². The minimum absolute atomic E-state index is 0. The SMILES string of the molecule is CCCCCCCC[N+](C)(C)CCCCCCCCCCOC(=O)CCCCC.[Cl-]. The number of halogens is 1. The Morgan fingerprint density at radius 3 is 1.50 bits per heavy atom. The predicted octanol–water partition coefficient (Wildman–Crippen LogP) is 4.67. The molecule has 0 heterocycles. The molecule has 0 fully saturated rings. The molecule has 0 atom stereocenters. The highest BCUT2D eigenvalue weighted by Gasteiger charge is 2.13. The summed E-state index contributed by atoms with van der Waals surface area (Å²) >= 11 is 0. The van der Waals surface area contributed by atoms with E-state index in [1.54, 1.807) is 0 Å². The summed E-state index contributed by atoms with van der Waals surface area (Å²) in [5, 5.41) is 0. The number of rotatable bonds is 22. The summed E-state index contributed by atoms with van der Waals surface area (Å²) in [4.78, 5) is 11.5. The van der Waals surface area contributed by atoms with E-state index < -0.39 is 0 Å². The van der Waals surface area contributed by atoms with Gasteiger partial charge in [-0.15, -0.1) is 0 Å². The van der Waals surface area contributed by atoms with Crippen LogP contribution in [0.5, 0.6) is 0 Å². The molecule has 0 radical (unpaired) electrons. The van der Waals surface area contributed by atoms with E-state index >= 15 is 0 Å². The lowest BCUT2D eigenvalue weighted by molar-refractivity contribution is -0.890. The van der Waals surface area contributed by atoms with E-state index in [0.717, 1.165) is 25.7 Å². The Morgan fingerprint density at radius 2 is 1.00 bits per heavy atom. The van der Waals surface area contributed by atoms with Gasteiger partial charge in [0, 0.05) is 6.42 Å². The molecule has 0 saturated carbocycles. The van der Waals surface area contributed by atoms with Crippen molar-refractivity contribution in [1.29, 1.82) is 0 Å². The van der Waals surface area contributed by atoms with E-state index in [4.69, 9.17) is 4.74 Å². The van der Waals surface area contributed by atoms with Crippen LogP contribution in [0, 0.1) is 0 Å². The zero-order chi connectivity index (χ0) is 21.6. The zero-order valence-corrected chi connectivity index (χ0v) is 21.7. The summed E-state index contributed by atoms with van der Waals surface area (Å²) in [6.07, 6.45) is 22.6. The Morgan fingerprint density at radius 1 is 0.600 bits per heavy atom. The molecule has 0 rings (SSSR count). The van der Waals surface area contributed by atoms with E-state index in [-0.39, 0.29) is 18.4 Å². The summed E-state index contributed by atoms with van der Waals surface area (Å²) in [6.45, 7) is 7.74. The lowest BCUT2D eigenvalue weighted by atomic mass is 10.1. The number of nitrogens with zero attached hydrogens (tertiary/aromatic N) is 1. The van der Waals surface area contributed by atoms with Gasteiger partial charge in [0.05, 0.1) is 33.8 Å². The fraction of sp³-hybridized carbons (Fsp3) is 0.962. The molecule has 4 heteroatoms. The lowest BCUT2D eigenvalue weighted by Crippen LogP contribution is -3.00. The van der Waals surface area contributed by atoms with E-state index in [0.29, 0.717) is 13.0 Å². The maximum absolute atomic E-state index is 11.5. The molecule has 0 aliphatic heterocycles. The van der Waals surface area contributed by atoms with Gasteiger partial charge in [-0.1, -0.05) is 84.5 Å². The third-order valence-corrected chi connectivity index (χ3v) is 6.02. The minimum Gasteiger partial charge on any atom is -1.00 e. The second kappa shape index (κ2) is 23.4. The van der Waals surface area contributed by atoms with Crippen molar-refractivity contribution in [1.82, 2.24) is 0 Å². The summed E-state index contributed by atoms with van der Waals surface area (Å²) in [6, 6.07) is 0. The highest BCUT2D eigenvalue weighted by molar-refractivity contribution is 5.69. The normalized spacial score (nSPS) is 11.3. The Labute approximate surface area is 195 Å². The lowest BCUT2D eigenvalue weighted by Gasteiger charge is -2.30. The number of hydrogen-bond donors (Lipinski definition) is 0. The van der Waals surface area contributed by atoms with E-state index in [1.807, 2.05) is 0 Å². The first-order valence-corrected chi connectivity index (χ1v) is 13.0. The smallest absolute Gasteiger partial charge is 0.305 e. The summed E-state index contributed by atoms with van der Waals surface area (Å²) < 4.78 is 6.49. The Bertz CT molecular complexity index is 361. The molecule has 0 aliphatic carbocycles. The quantitative estimate of drug-likeness (QED) is 0.137. The fourth-order valence-corrected chi connectivity index (χ4v) is 3.91. The maximum atomic E-state index is 11.5. The van der Waals surface area contributed by atoms with Crippen molar-refractivity contribution in [3.63, 3.8) is 0 Å². The van der Waals surface area contributed by atoms with E-state index in [1.165, 1.54) is 101 Å². The molecule has 0 N–H and O–H groups in total. The van der Waals surface area contributed by atoms with Crippen LogP contribution in [0.2, 0.25) is 0 Å². The van der Waals surface area contributed by atoms with Crippen molar-refractivity contribution >= 4 is 5.97 Å². The molecule has 0 bridgehead atoms. The average molecular weight is 448 g/mol. The number of esters is 1. The third kappa shape index (κ3) is 24.0. The summed E-state index contributed by atoms with van der Waals surface area (Å²) in [7, 11) is 4.81. The second-order valence-electron chi connectivity index (χ2n) is 9.66. The van der Waals surface area contributed by atoms with Crippen LogP contribution in [0.4, 0.5) is 0 Å². The van der Waals surface area contributed by atoms with Gasteiger partial charge in [-0.25, -0.2) is 0 Å². The first-order chi connectivity index (χ1) is 14.0. The van der Waals surface area contributed by atoms with Gasteiger partial charge < -0.3 is 21.6 Å². The number of carbonyl (C=O) groups is 1. The molecule has 0 aromatic heterocycles. The second-order valence-corrected chi connectivity index (χ2v) is 9.66. The Balaban J connectivity index is 0.